The van der Waals surface area contributed by atoms with E-state index in [2.05, 4.69) is 4.74 Å². The summed E-state index contributed by atoms with van der Waals surface area (Å²) in [6, 6.07) is -0.515. The molecule has 2 aliphatic heterocycles. The van der Waals surface area contributed by atoms with E-state index in [0.717, 1.165) is 12.8 Å². The first kappa shape index (κ1) is 15.1. The number of nitrogens with zero attached hydrogens (tertiary/aromatic N) is 2. The van der Waals surface area contributed by atoms with Gasteiger partial charge >= 0.3 is 12.0 Å². The number of hydrogen-bond acceptors (Lipinski definition) is 5. The second-order valence-corrected chi connectivity index (χ2v) is 5.26. The first-order valence-corrected chi connectivity index (χ1v) is 7.08. The number of carbonyl (C=O) groups is 2. The summed E-state index contributed by atoms with van der Waals surface area (Å²) in [4.78, 5) is 27.4. The molecule has 0 aliphatic carbocycles. The number of carbonyl (C=O) groups excluding carboxylic acids is 2. The van der Waals surface area contributed by atoms with E-state index < -0.39 is 6.04 Å². The van der Waals surface area contributed by atoms with Crippen LogP contribution in [0, 0.1) is 5.92 Å². The lowest BCUT2D eigenvalue weighted by Gasteiger charge is -2.37. The average Bonchev–Trinajstić information content (AvgIpc) is 2.53. The number of amides is 2. The first-order chi connectivity index (χ1) is 9.63. The van der Waals surface area contributed by atoms with Crippen LogP contribution in [-0.2, 0) is 14.3 Å². The summed E-state index contributed by atoms with van der Waals surface area (Å²) >= 11 is 0. The Balaban J connectivity index is 1.81. The molecule has 2 heterocycles. The van der Waals surface area contributed by atoms with Crippen LogP contribution in [0.5, 0.6) is 0 Å². The van der Waals surface area contributed by atoms with Crippen molar-refractivity contribution in [3.05, 3.63) is 0 Å². The van der Waals surface area contributed by atoms with E-state index in [1.807, 2.05) is 9.80 Å². The largest absolute Gasteiger partial charge is 0.468 e. The summed E-state index contributed by atoms with van der Waals surface area (Å²) in [6.45, 7) is 3.81. The fraction of sp³-hybridized carbons (Fsp3) is 0.846. The molecule has 1 unspecified atom stereocenters. The van der Waals surface area contributed by atoms with Gasteiger partial charge in [-0.15, -0.1) is 0 Å². The SMILES string of the molecule is COC(=O)C(N)C1CCN(C(=O)N2CCOCC2)CC1. The highest BCUT2D eigenvalue weighted by Gasteiger charge is 2.32. The number of hydrogen-bond donors (Lipinski definition) is 1. The molecule has 2 rings (SSSR count). The van der Waals surface area contributed by atoms with Gasteiger partial charge < -0.3 is 25.0 Å². The number of nitrogens with two attached hydrogens (primary N) is 1. The molecule has 2 fully saturated rings. The zero-order chi connectivity index (χ0) is 14.5. The van der Waals surface area contributed by atoms with Crippen molar-refractivity contribution in [1.82, 2.24) is 9.80 Å². The maximum absolute atomic E-state index is 12.3. The third-order valence-electron chi connectivity index (χ3n) is 4.07. The summed E-state index contributed by atoms with van der Waals surface area (Å²) in [7, 11) is 1.35. The number of piperidine rings is 1. The maximum atomic E-state index is 12.3. The quantitative estimate of drug-likeness (QED) is 0.701. The van der Waals surface area contributed by atoms with Gasteiger partial charge in [-0.25, -0.2) is 4.79 Å². The van der Waals surface area contributed by atoms with Crippen molar-refractivity contribution in [2.24, 2.45) is 11.7 Å². The molecule has 0 aromatic carbocycles. The van der Waals surface area contributed by atoms with Crippen LogP contribution in [0.2, 0.25) is 0 Å². The molecule has 0 bridgehead atoms. The Labute approximate surface area is 119 Å². The second-order valence-electron chi connectivity index (χ2n) is 5.26. The fourth-order valence-corrected chi connectivity index (χ4v) is 2.73. The molecular formula is C13H23N3O4. The molecule has 114 valence electrons. The molecule has 7 heteroatoms. The molecule has 2 amide bonds. The maximum Gasteiger partial charge on any atom is 0.322 e. The summed E-state index contributed by atoms with van der Waals surface area (Å²) in [6.07, 6.45) is 1.48. The molecule has 2 N–H and O–H groups in total. The average molecular weight is 285 g/mol. The van der Waals surface area contributed by atoms with Gasteiger partial charge in [0.25, 0.3) is 0 Å². The third-order valence-corrected chi connectivity index (χ3v) is 4.07. The minimum atomic E-state index is -0.583. The van der Waals surface area contributed by atoms with Gasteiger partial charge in [0.2, 0.25) is 0 Å². The number of likely N-dealkylation sites (tertiary alicyclic amines) is 1. The van der Waals surface area contributed by atoms with Crippen molar-refractivity contribution in [3.8, 4) is 0 Å². The molecular weight excluding hydrogens is 262 g/mol. The van der Waals surface area contributed by atoms with Gasteiger partial charge in [-0.3, -0.25) is 4.79 Å². The lowest BCUT2D eigenvalue weighted by atomic mass is 9.90. The first-order valence-electron chi connectivity index (χ1n) is 7.08. The number of urea groups is 1. The molecule has 2 saturated heterocycles. The van der Waals surface area contributed by atoms with Gasteiger partial charge in [0, 0.05) is 26.2 Å². The van der Waals surface area contributed by atoms with Crippen molar-refractivity contribution in [3.63, 3.8) is 0 Å². The molecule has 0 saturated carbocycles. The van der Waals surface area contributed by atoms with E-state index in [1.54, 1.807) is 0 Å². The molecule has 0 spiro atoms. The Morgan fingerprint density at radius 2 is 1.70 bits per heavy atom. The van der Waals surface area contributed by atoms with Gasteiger partial charge in [0.1, 0.15) is 6.04 Å². The van der Waals surface area contributed by atoms with Crippen molar-refractivity contribution < 1.29 is 19.1 Å². The van der Waals surface area contributed by atoms with Crippen LogP contribution >= 0.6 is 0 Å². The molecule has 0 aromatic heterocycles. The van der Waals surface area contributed by atoms with Crippen LogP contribution in [0.25, 0.3) is 0 Å². The van der Waals surface area contributed by atoms with E-state index in [0.29, 0.717) is 39.4 Å². The van der Waals surface area contributed by atoms with E-state index in [9.17, 15) is 9.59 Å². The fourth-order valence-electron chi connectivity index (χ4n) is 2.73. The van der Waals surface area contributed by atoms with Crippen molar-refractivity contribution in [2.75, 3.05) is 46.5 Å². The Kier molecular flexibility index (Phi) is 5.19. The molecule has 0 aromatic rings. The van der Waals surface area contributed by atoms with E-state index in [4.69, 9.17) is 10.5 Å². The Morgan fingerprint density at radius 3 is 2.25 bits per heavy atom. The van der Waals surface area contributed by atoms with E-state index in [-0.39, 0.29) is 17.9 Å². The van der Waals surface area contributed by atoms with Gasteiger partial charge in [0.15, 0.2) is 0 Å². The smallest absolute Gasteiger partial charge is 0.322 e. The summed E-state index contributed by atoms with van der Waals surface area (Å²) in [5.74, 6) is -0.279. The van der Waals surface area contributed by atoms with Crippen LogP contribution in [0.15, 0.2) is 0 Å². The lowest BCUT2D eigenvalue weighted by Crippen LogP contribution is -2.52. The minimum absolute atomic E-state index is 0.0680. The summed E-state index contributed by atoms with van der Waals surface area (Å²) in [5.41, 5.74) is 5.86. The van der Waals surface area contributed by atoms with Crippen LogP contribution in [0.3, 0.4) is 0 Å². The highest BCUT2D eigenvalue weighted by Crippen LogP contribution is 2.21. The number of morpholine rings is 1. The molecule has 20 heavy (non-hydrogen) atoms. The Bertz CT molecular complexity index is 350. The van der Waals surface area contributed by atoms with Crippen LogP contribution in [0.4, 0.5) is 4.79 Å². The van der Waals surface area contributed by atoms with Crippen molar-refractivity contribution >= 4 is 12.0 Å². The predicted molar refractivity (Wildman–Crippen MR) is 72.1 cm³/mol. The minimum Gasteiger partial charge on any atom is -0.468 e. The van der Waals surface area contributed by atoms with Gasteiger partial charge in [0.05, 0.1) is 20.3 Å². The third kappa shape index (κ3) is 3.40. The molecule has 1 atom stereocenters. The monoisotopic (exact) mass is 285 g/mol. The van der Waals surface area contributed by atoms with E-state index in [1.165, 1.54) is 7.11 Å². The van der Waals surface area contributed by atoms with Crippen LogP contribution < -0.4 is 5.73 Å². The standard InChI is InChI=1S/C13H23N3O4/c1-19-12(17)11(14)10-2-4-15(5-3-10)13(18)16-6-8-20-9-7-16/h10-11H,2-9,14H2,1H3. The van der Waals surface area contributed by atoms with Gasteiger partial charge in [-0.2, -0.15) is 0 Å². The van der Waals surface area contributed by atoms with Crippen molar-refractivity contribution in [2.45, 2.75) is 18.9 Å². The lowest BCUT2D eigenvalue weighted by molar-refractivity contribution is -0.143. The Hall–Kier alpha value is -1.34. The number of rotatable bonds is 2. The predicted octanol–water partition coefficient (Wildman–Crippen LogP) is -0.349. The summed E-state index contributed by atoms with van der Waals surface area (Å²) in [5, 5.41) is 0. The highest BCUT2D eigenvalue weighted by atomic mass is 16.5. The Morgan fingerprint density at radius 1 is 1.15 bits per heavy atom. The van der Waals surface area contributed by atoms with Crippen LogP contribution in [0.1, 0.15) is 12.8 Å². The van der Waals surface area contributed by atoms with Gasteiger partial charge in [-0.05, 0) is 18.8 Å². The number of methoxy groups -OCH3 is 1. The zero-order valence-electron chi connectivity index (χ0n) is 11.9. The van der Waals surface area contributed by atoms with Crippen LogP contribution in [-0.4, -0.2) is 74.3 Å². The van der Waals surface area contributed by atoms with Crippen molar-refractivity contribution in [1.29, 1.82) is 0 Å². The summed E-state index contributed by atoms with van der Waals surface area (Å²) < 4.78 is 9.91. The molecule has 7 nitrogen and oxygen atoms in total. The van der Waals surface area contributed by atoms with E-state index >= 15 is 0 Å². The highest BCUT2D eigenvalue weighted by molar-refractivity contribution is 5.76. The second kappa shape index (κ2) is 6.90. The van der Waals surface area contributed by atoms with Gasteiger partial charge in [-0.1, -0.05) is 0 Å². The topological polar surface area (TPSA) is 85.1 Å². The number of esters is 1. The normalized spacial score (nSPS) is 22.5. The zero-order valence-corrected chi connectivity index (χ0v) is 11.9. The number of ether oxygens (including phenoxy) is 2. The molecule has 2 aliphatic rings. The molecule has 0 radical (unpaired) electrons.